The minimum atomic E-state index is -0.0869. The number of carbonyl (C=O) groups excluding carboxylic acids is 1. The van der Waals surface area contributed by atoms with E-state index in [4.69, 9.17) is 0 Å². The number of anilines is 1. The fourth-order valence-electron chi connectivity index (χ4n) is 3.42. The fraction of sp³-hybridized carbons (Fsp3) is 0.286. The number of aromatic nitrogens is 3. The van der Waals surface area contributed by atoms with Gasteiger partial charge in [0.2, 0.25) is 0 Å². The Balaban J connectivity index is 1.43. The SMILES string of the molecule is O=C(Nc1ccccc1CN1CCCC1)c1ccc(Cn2cncn2)cc1. The van der Waals surface area contributed by atoms with Crippen LogP contribution in [0.4, 0.5) is 5.69 Å². The summed E-state index contributed by atoms with van der Waals surface area (Å²) >= 11 is 0. The number of likely N-dealkylation sites (tertiary alicyclic amines) is 1. The van der Waals surface area contributed by atoms with E-state index in [9.17, 15) is 4.79 Å². The van der Waals surface area contributed by atoms with E-state index in [2.05, 4.69) is 26.4 Å². The van der Waals surface area contributed by atoms with Crippen molar-refractivity contribution >= 4 is 11.6 Å². The predicted octanol–water partition coefficient (Wildman–Crippen LogP) is 3.17. The van der Waals surface area contributed by atoms with Crippen molar-refractivity contribution in [2.24, 2.45) is 0 Å². The fourth-order valence-corrected chi connectivity index (χ4v) is 3.42. The summed E-state index contributed by atoms with van der Waals surface area (Å²) in [5, 5.41) is 7.17. The highest BCUT2D eigenvalue weighted by Gasteiger charge is 2.15. The first-order valence-electron chi connectivity index (χ1n) is 9.31. The van der Waals surface area contributed by atoms with Crippen LogP contribution in [-0.2, 0) is 13.1 Å². The van der Waals surface area contributed by atoms with E-state index in [0.29, 0.717) is 12.1 Å². The van der Waals surface area contributed by atoms with Crippen LogP contribution in [0.15, 0.2) is 61.2 Å². The number of hydrogen-bond donors (Lipinski definition) is 1. The van der Waals surface area contributed by atoms with Crippen LogP contribution in [0.25, 0.3) is 0 Å². The van der Waals surface area contributed by atoms with Gasteiger partial charge in [0, 0.05) is 17.8 Å². The highest BCUT2D eigenvalue weighted by Crippen LogP contribution is 2.20. The molecule has 1 aromatic heterocycles. The molecule has 0 saturated carbocycles. The maximum atomic E-state index is 12.7. The largest absolute Gasteiger partial charge is 0.322 e. The molecule has 0 atom stereocenters. The van der Waals surface area contributed by atoms with Gasteiger partial charge in [0.05, 0.1) is 6.54 Å². The Labute approximate surface area is 158 Å². The Bertz CT molecular complexity index is 883. The van der Waals surface area contributed by atoms with E-state index in [1.165, 1.54) is 19.2 Å². The zero-order valence-corrected chi connectivity index (χ0v) is 15.2. The van der Waals surface area contributed by atoms with Gasteiger partial charge in [-0.25, -0.2) is 9.67 Å². The zero-order valence-electron chi connectivity index (χ0n) is 15.2. The molecular formula is C21H23N5O. The summed E-state index contributed by atoms with van der Waals surface area (Å²) in [6, 6.07) is 15.7. The van der Waals surface area contributed by atoms with E-state index in [0.717, 1.165) is 36.4 Å². The summed E-state index contributed by atoms with van der Waals surface area (Å²) in [7, 11) is 0. The molecule has 138 valence electrons. The lowest BCUT2D eigenvalue weighted by Gasteiger charge is -2.18. The predicted molar refractivity (Wildman–Crippen MR) is 104 cm³/mol. The second-order valence-corrected chi connectivity index (χ2v) is 6.88. The van der Waals surface area contributed by atoms with Crippen molar-refractivity contribution in [1.29, 1.82) is 0 Å². The Morgan fingerprint density at radius 3 is 2.52 bits per heavy atom. The lowest BCUT2D eigenvalue weighted by Crippen LogP contribution is -2.20. The number of hydrogen-bond acceptors (Lipinski definition) is 4. The van der Waals surface area contributed by atoms with Gasteiger partial charge < -0.3 is 5.32 Å². The average molecular weight is 361 g/mol. The molecule has 3 aromatic rings. The molecule has 2 heterocycles. The molecule has 0 radical (unpaired) electrons. The van der Waals surface area contributed by atoms with Gasteiger partial charge in [-0.3, -0.25) is 9.69 Å². The first kappa shape index (κ1) is 17.4. The van der Waals surface area contributed by atoms with Crippen LogP contribution in [0.2, 0.25) is 0 Å². The summed E-state index contributed by atoms with van der Waals surface area (Å²) in [6.45, 7) is 3.79. The molecule has 0 bridgehead atoms. The van der Waals surface area contributed by atoms with Gasteiger partial charge in [-0.1, -0.05) is 30.3 Å². The molecule has 27 heavy (non-hydrogen) atoms. The van der Waals surface area contributed by atoms with Gasteiger partial charge in [0.25, 0.3) is 5.91 Å². The highest BCUT2D eigenvalue weighted by atomic mass is 16.1. The zero-order chi connectivity index (χ0) is 18.5. The monoisotopic (exact) mass is 361 g/mol. The lowest BCUT2D eigenvalue weighted by atomic mass is 10.1. The number of amides is 1. The summed E-state index contributed by atoms with van der Waals surface area (Å²) < 4.78 is 1.75. The lowest BCUT2D eigenvalue weighted by molar-refractivity contribution is 0.102. The maximum Gasteiger partial charge on any atom is 0.255 e. The average Bonchev–Trinajstić information content (AvgIpc) is 3.38. The van der Waals surface area contributed by atoms with Crippen LogP contribution < -0.4 is 5.32 Å². The number of rotatable bonds is 6. The van der Waals surface area contributed by atoms with Crippen molar-refractivity contribution < 1.29 is 4.79 Å². The highest BCUT2D eigenvalue weighted by molar-refractivity contribution is 6.04. The van der Waals surface area contributed by atoms with Gasteiger partial charge in [-0.15, -0.1) is 0 Å². The number of carbonyl (C=O) groups is 1. The summed E-state index contributed by atoms with van der Waals surface area (Å²) in [5.74, 6) is -0.0869. The number of nitrogens with zero attached hydrogens (tertiary/aromatic N) is 4. The summed E-state index contributed by atoms with van der Waals surface area (Å²) in [4.78, 5) is 19.1. The minimum absolute atomic E-state index is 0.0869. The quantitative estimate of drug-likeness (QED) is 0.732. The van der Waals surface area contributed by atoms with Gasteiger partial charge in [-0.2, -0.15) is 5.10 Å². The van der Waals surface area contributed by atoms with Gasteiger partial charge in [-0.05, 0) is 55.3 Å². The molecule has 1 N–H and O–H groups in total. The molecule has 2 aromatic carbocycles. The van der Waals surface area contributed by atoms with Crippen LogP contribution in [0.5, 0.6) is 0 Å². The van der Waals surface area contributed by atoms with Gasteiger partial charge in [0.1, 0.15) is 12.7 Å². The summed E-state index contributed by atoms with van der Waals surface area (Å²) in [6.07, 6.45) is 5.71. The van der Waals surface area contributed by atoms with Crippen molar-refractivity contribution in [2.45, 2.75) is 25.9 Å². The van der Waals surface area contributed by atoms with E-state index < -0.39 is 0 Å². The molecule has 1 amide bonds. The second kappa shape index (κ2) is 8.14. The molecule has 4 rings (SSSR count). The molecule has 1 fully saturated rings. The first-order chi connectivity index (χ1) is 13.3. The van der Waals surface area contributed by atoms with Crippen LogP contribution in [0, 0.1) is 0 Å². The van der Waals surface area contributed by atoms with Gasteiger partial charge >= 0.3 is 0 Å². The van der Waals surface area contributed by atoms with Crippen LogP contribution in [0.1, 0.15) is 34.3 Å². The van der Waals surface area contributed by atoms with Crippen molar-refractivity contribution in [3.63, 3.8) is 0 Å². The van der Waals surface area contributed by atoms with Crippen LogP contribution in [0.3, 0.4) is 0 Å². The molecule has 6 heteroatoms. The van der Waals surface area contributed by atoms with E-state index in [-0.39, 0.29) is 5.91 Å². The van der Waals surface area contributed by atoms with Crippen molar-refractivity contribution in [3.8, 4) is 0 Å². The topological polar surface area (TPSA) is 63.1 Å². The number of benzene rings is 2. The molecule has 1 aliphatic heterocycles. The van der Waals surface area contributed by atoms with E-state index in [1.54, 1.807) is 11.0 Å². The smallest absolute Gasteiger partial charge is 0.255 e. The minimum Gasteiger partial charge on any atom is -0.322 e. The molecule has 1 saturated heterocycles. The third-order valence-corrected chi connectivity index (χ3v) is 4.89. The normalized spacial score (nSPS) is 14.4. The van der Waals surface area contributed by atoms with E-state index >= 15 is 0 Å². The summed E-state index contributed by atoms with van der Waals surface area (Å²) in [5.41, 5.74) is 3.77. The van der Waals surface area contributed by atoms with Crippen LogP contribution in [-0.4, -0.2) is 38.7 Å². The Morgan fingerprint density at radius 2 is 1.78 bits per heavy atom. The Morgan fingerprint density at radius 1 is 1.00 bits per heavy atom. The molecular weight excluding hydrogens is 338 g/mol. The van der Waals surface area contributed by atoms with Crippen LogP contribution >= 0.6 is 0 Å². The van der Waals surface area contributed by atoms with Crippen molar-refractivity contribution in [2.75, 3.05) is 18.4 Å². The molecule has 0 spiro atoms. The molecule has 1 aliphatic rings. The number of para-hydroxylation sites is 1. The third kappa shape index (κ3) is 4.41. The second-order valence-electron chi connectivity index (χ2n) is 6.88. The Kier molecular flexibility index (Phi) is 5.25. The molecule has 0 unspecified atom stereocenters. The van der Waals surface area contributed by atoms with E-state index in [1.807, 2.05) is 42.5 Å². The Hall–Kier alpha value is -2.99. The van der Waals surface area contributed by atoms with Crippen molar-refractivity contribution in [1.82, 2.24) is 19.7 Å². The molecule has 6 nitrogen and oxygen atoms in total. The first-order valence-corrected chi connectivity index (χ1v) is 9.31. The molecule has 0 aliphatic carbocycles. The third-order valence-electron chi connectivity index (χ3n) is 4.89. The maximum absolute atomic E-state index is 12.7. The standard InChI is InChI=1S/C21H23N5O/c27-21(18-9-7-17(8-10-18)13-26-16-22-15-23-26)24-20-6-2-1-5-19(20)14-25-11-3-4-12-25/h1-2,5-10,15-16H,3-4,11-14H2,(H,24,27). The van der Waals surface area contributed by atoms with Gasteiger partial charge in [0.15, 0.2) is 0 Å². The number of nitrogens with one attached hydrogen (secondary N) is 1. The van der Waals surface area contributed by atoms with Crippen molar-refractivity contribution in [3.05, 3.63) is 77.9 Å².